The van der Waals surface area contributed by atoms with E-state index >= 15 is 0 Å². The van der Waals surface area contributed by atoms with E-state index in [-0.39, 0.29) is 22.8 Å². The van der Waals surface area contributed by atoms with Crippen LogP contribution < -0.4 is 4.74 Å². The highest BCUT2D eigenvalue weighted by Crippen LogP contribution is 2.64. The minimum Gasteiger partial charge on any atom is -0.493 e. The van der Waals surface area contributed by atoms with Crippen molar-refractivity contribution in [2.75, 3.05) is 12.4 Å². The first-order valence-electron chi connectivity index (χ1n) is 14.1. The predicted molar refractivity (Wildman–Crippen MR) is 147 cm³/mol. The summed E-state index contributed by atoms with van der Waals surface area (Å²) < 4.78 is 37.8. The van der Waals surface area contributed by atoms with Crippen molar-refractivity contribution in [3.63, 3.8) is 0 Å². The number of imide groups is 1. The molecule has 2 bridgehead atoms. The fourth-order valence-corrected chi connectivity index (χ4v) is 8.55. The molecular weight excluding hydrogens is 518 g/mol. The van der Waals surface area contributed by atoms with Crippen LogP contribution in [0.15, 0.2) is 30.3 Å². The Balaban J connectivity index is 1.34. The zero-order valence-electron chi connectivity index (χ0n) is 23.0. The van der Waals surface area contributed by atoms with Gasteiger partial charge in [-0.3, -0.25) is 14.4 Å². The van der Waals surface area contributed by atoms with Gasteiger partial charge in [0.1, 0.15) is 11.5 Å². The Bertz CT molecular complexity index is 1410. The van der Waals surface area contributed by atoms with Crippen molar-refractivity contribution in [1.29, 1.82) is 0 Å². The van der Waals surface area contributed by atoms with Gasteiger partial charge < -0.3 is 4.74 Å². The number of hydrogen-bond donors (Lipinski definition) is 0. The summed E-state index contributed by atoms with van der Waals surface area (Å²) in [5.74, 6) is -1.65. The molecule has 210 valence electrons. The minimum absolute atomic E-state index is 0.0872. The Morgan fingerprint density at radius 2 is 1.64 bits per heavy atom. The van der Waals surface area contributed by atoms with Gasteiger partial charge in [0.05, 0.1) is 28.9 Å². The van der Waals surface area contributed by atoms with Gasteiger partial charge in [-0.05, 0) is 48.8 Å². The lowest BCUT2D eigenvalue weighted by atomic mass is 9.70. The molecule has 2 fully saturated rings. The van der Waals surface area contributed by atoms with Crippen LogP contribution in [-0.4, -0.2) is 43.4 Å². The SMILES string of the molecule is CCCCCCCCOc1ccc2c3c(cccc13)C(=O)N(OS(=O)(=O)CC13CCC(CC1=O)C3(C)C)C2=O. The molecule has 3 aliphatic rings. The van der Waals surface area contributed by atoms with Crippen molar-refractivity contribution in [3.8, 4) is 5.75 Å². The average Bonchev–Trinajstić information content (AvgIpc) is 3.23. The highest BCUT2D eigenvalue weighted by molar-refractivity contribution is 7.86. The number of carbonyl (C=O) groups is 3. The largest absolute Gasteiger partial charge is 0.493 e. The predicted octanol–water partition coefficient (Wildman–Crippen LogP) is 5.83. The first kappa shape index (κ1) is 27.8. The van der Waals surface area contributed by atoms with Crippen molar-refractivity contribution in [2.24, 2.45) is 16.7 Å². The zero-order chi connectivity index (χ0) is 28.0. The normalized spacial score (nSPS) is 23.7. The third-order valence-corrected chi connectivity index (χ3v) is 10.6. The molecule has 2 aliphatic carbocycles. The first-order chi connectivity index (χ1) is 18.5. The molecule has 2 saturated carbocycles. The Kier molecular flexibility index (Phi) is 7.35. The molecule has 0 saturated heterocycles. The topological polar surface area (TPSA) is 107 Å². The van der Waals surface area contributed by atoms with Gasteiger partial charge in [0, 0.05) is 17.2 Å². The van der Waals surface area contributed by atoms with E-state index in [1.54, 1.807) is 30.3 Å². The Hall–Kier alpha value is -2.78. The van der Waals surface area contributed by atoms with Crippen molar-refractivity contribution in [2.45, 2.75) is 78.6 Å². The van der Waals surface area contributed by atoms with Gasteiger partial charge >= 0.3 is 0 Å². The summed E-state index contributed by atoms with van der Waals surface area (Å²) in [6, 6.07) is 8.23. The summed E-state index contributed by atoms with van der Waals surface area (Å²) >= 11 is 0. The van der Waals surface area contributed by atoms with E-state index in [0.717, 1.165) is 25.7 Å². The monoisotopic (exact) mass is 555 g/mol. The van der Waals surface area contributed by atoms with Crippen LogP contribution in [0, 0.1) is 16.7 Å². The van der Waals surface area contributed by atoms with Crippen molar-refractivity contribution in [3.05, 3.63) is 41.5 Å². The Labute approximate surface area is 230 Å². The lowest BCUT2D eigenvalue weighted by molar-refractivity contribution is -0.128. The standard InChI is InChI=1S/C30H37NO7S/c1-4-5-6-7-8-9-17-37-24-14-13-23-26-21(24)11-10-12-22(26)27(33)31(28(23)34)38-39(35,36)19-30-16-15-20(18-25(30)32)29(30,2)3/h10-14,20H,4-9,15-19H2,1-3H3. The maximum atomic E-state index is 13.4. The number of benzene rings is 2. The quantitative estimate of drug-likeness (QED) is 0.239. The molecular formula is C30H37NO7S. The molecule has 2 amide bonds. The maximum absolute atomic E-state index is 13.4. The molecule has 2 atom stereocenters. The van der Waals surface area contributed by atoms with E-state index in [0.29, 0.717) is 41.0 Å². The maximum Gasteiger partial charge on any atom is 0.289 e. The molecule has 39 heavy (non-hydrogen) atoms. The molecule has 1 aliphatic heterocycles. The summed E-state index contributed by atoms with van der Waals surface area (Å²) in [7, 11) is -4.44. The van der Waals surface area contributed by atoms with E-state index in [9.17, 15) is 22.8 Å². The van der Waals surface area contributed by atoms with Crippen LogP contribution in [0.25, 0.3) is 10.8 Å². The number of unbranched alkanes of at least 4 members (excludes halogenated alkanes) is 5. The number of fused-ring (bicyclic) bond motifs is 2. The number of Topliss-reactive ketones (excluding diaryl/α,β-unsaturated/α-hetero) is 1. The number of hydrogen-bond acceptors (Lipinski definition) is 7. The van der Waals surface area contributed by atoms with Crippen LogP contribution in [0.2, 0.25) is 0 Å². The Morgan fingerprint density at radius 3 is 2.31 bits per heavy atom. The summed E-state index contributed by atoms with van der Waals surface area (Å²) in [5, 5.41) is 1.38. The van der Waals surface area contributed by atoms with Crippen LogP contribution in [0.1, 0.15) is 99.3 Å². The van der Waals surface area contributed by atoms with Crippen LogP contribution in [0.3, 0.4) is 0 Å². The number of ether oxygens (including phenoxy) is 1. The van der Waals surface area contributed by atoms with E-state index in [2.05, 4.69) is 6.92 Å². The van der Waals surface area contributed by atoms with Crippen molar-refractivity contribution >= 4 is 38.5 Å². The number of nitrogens with zero attached hydrogens (tertiary/aromatic N) is 1. The third kappa shape index (κ3) is 4.67. The molecule has 2 aromatic rings. The number of hydroxylamine groups is 2. The van der Waals surface area contributed by atoms with Crippen LogP contribution in [0.5, 0.6) is 5.75 Å². The smallest absolute Gasteiger partial charge is 0.289 e. The van der Waals surface area contributed by atoms with Gasteiger partial charge in [-0.1, -0.05) is 65.0 Å². The second kappa shape index (κ2) is 10.3. The second-order valence-electron chi connectivity index (χ2n) is 11.8. The first-order valence-corrected chi connectivity index (χ1v) is 15.6. The lowest BCUT2D eigenvalue weighted by Gasteiger charge is -2.36. The fraction of sp³-hybridized carbons (Fsp3) is 0.567. The number of ketones is 1. The molecule has 0 N–H and O–H groups in total. The molecule has 2 unspecified atom stereocenters. The van der Waals surface area contributed by atoms with Gasteiger partial charge in [-0.15, -0.1) is 9.35 Å². The summed E-state index contributed by atoms with van der Waals surface area (Å²) in [6.45, 7) is 6.55. The minimum atomic E-state index is -4.44. The van der Waals surface area contributed by atoms with E-state index < -0.39 is 38.5 Å². The highest BCUT2D eigenvalue weighted by Gasteiger charge is 2.65. The Morgan fingerprint density at radius 1 is 0.949 bits per heavy atom. The van der Waals surface area contributed by atoms with E-state index in [1.807, 2.05) is 13.8 Å². The number of amides is 2. The van der Waals surface area contributed by atoms with Crippen LogP contribution in [0.4, 0.5) is 0 Å². The number of rotatable bonds is 12. The van der Waals surface area contributed by atoms with Gasteiger partial charge in [-0.25, -0.2) is 0 Å². The fourth-order valence-electron chi connectivity index (χ4n) is 6.86. The van der Waals surface area contributed by atoms with E-state index in [1.165, 1.54) is 19.3 Å². The van der Waals surface area contributed by atoms with Gasteiger partial charge in [0.2, 0.25) is 0 Å². The van der Waals surface area contributed by atoms with Gasteiger partial charge in [0.15, 0.2) is 0 Å². The molecule has 0 aromatic heterocycles. The van der Waals surface area contributed by atoms with Gasteiger partial charge in [0.25, 0.3) is 21.9 Å². The van der Waals surface area contributed by atoms with E-state index in [4.69, 9.17) is 9.02 Å². The molecule has 0 radical (unpaired) electrons. The van der Waals surface area contributed by atoms with Crippen molar-refractivity contribution < 1.29 is 31.8 Å². The highest BCUT2D eigenvalue weighted by atomic mass is 32.2. The summed E-state index contributed by atoms with van der Waals surface area (Å²) in [6.07, 6.45) is 8.37. The second-order valence-corrected chi connectivity index (χ2v) is 13.4. The molecule has 1 heterocycles. The molecule has 2 aromatic carbocycles. The molecule has 8 nitrogen and oxygen atoms in total. The summed E-state index contributed by atoms with van der Waals surface area (Å²) in [4.78, 5) is 39.6. The molecule has 0 spiro atoms. The molecule has 5 rings (SSSR count). The van der Waals surface area contributed by atoms with Crippen LogP contribution in [-0.2, 0) is 19.2 Å². The average molecular weight is 556 g/mol. The summed E-state index contributed by atoms with van der Waals surface area (Å²) in [5.41, 5.74) is -1.24. The third-order valence-electron chi connectivity index (χ3n) is 9.34. The van der Waals surface area contributed by atoms with Crippen LogP contribution >= 0.6 is 0 Å². The van der Waals surface area contributed by atoms with Gasteiger partial charge in [-0.2, -0.15) is 8.42 Å². The number of carbonyl (C=O) groups excluding carboxylic acids is 3. The van der Waals surface area contributed by atoms with Crippen molar-refractivity contribution in [1.82, 2.24) is 5.06 Å². The zero-order valence-corrected chi connectivity index (χ0v) is 23.8. The lowest BCUT2D eigenvalue weighted by Crippen LogP contribution is -2.46. The molecule has 9 heteroatoms.